The molecular weight excluding hydrogens is 264 g/mol. The molecule has 1 amide bonds. The third-order valence-electron chi connectivity index (χ3n) is 3.72. The number of hydrogen-bond acceptors (Lipinski definition) is 3. The number of hydrogen-bond donors (Lipinski definition) is 0. The van der Waals surface area contributed by atoms with E-state index >= 15 is 0 Å². The molecule has 0 N–H and O–H groups in total. The van der Waals surface area contributed by atoms with Crippen LogP contribution in [0.5, 0.6) is 0 Å². The van der Waals surface area contributed by atoms with Crippen molar-refractivity contribution in [3.05, 3.63) is 58.9 Å². The van der Waals surface area contributed by atoms with Crippen LogP contribution in [0.4, 0.5) is 5.69 Å². The van der Waals surface area contributed by atoms with Crippen LogP contribution < -0.4 is 4.90 Å². The number of fused-ring (bicyclic) bond motifs is 1. The summed E-state index contributed by atoms with van der Waals surface area (Å²) in [4.78, 5) is 30.2. The monoisotopic (exact) mass is 280 g/mol. The Morgan fingerprint density at radius 2 is 1.95 bits per heavy atom. The van der Waals surface area contributed by atoms with Crippen LogP contribution in [0.15, 0.2) is 36.5 Å². The maximum Gasteiger partial charge on any atom is 0.299 e. The molecular formula is C17H16N2O2. The Morgan fingerprint density at radius 1 is 1.14 bits per heavy atom. The smallest absolute Gasteiger partial charge is 0.299 e. The molecule has 2 aromatic rings. The predicted molar refractivity (Wildman–Crippen MR) is 80.5 cm³/mol. The van der Waals surface area contributed by atoms with Gasteiger partial charge in [0, 0.05) is 24.9 Å². The maximum atomic E-state index is 12.2. The first-order chi connectivity index (χ1) is 10.1. The number of aryl methyl sites for hydroxylation is 2. The highest BCUT2D eigenvalue weighted by Crippen LogP contribution is 2.33. The van der Waals surface area contributed by atoms with E-state index in [-0.39, 0.29) is 0 Å². The molecule has 106 valence electrons. The minimum absolute atomic E-state index is 0.405. The van der Waals surface area contributed by atoms with Gasteiger partial charge in [-0.15, -0.1) is 0 Å². The van der Waals surface area contributed by atoms with Crippen molar-refractivity contribution in [1.29, 1.82) is 0 Å². The molecule has 1 aromatic heterocycles. The fourth-order valence-electron chi connectivity index (χ4n) is 2.82. The van der Waals surface area contributed by atoms with Crippen LogP contribution in [-0.4, -0.2) is 23.2 Å². The molecule has 4 nitrogen and oxygen atoms in total. The van der Waals surface area contributed by atoms with Gasteiger partial charge >= 0.3 is 0 Å². The van der Waals surface area contributed by atoms with Gasteiger partial charge in [-0.2, -0.15) is 0 Å². The van der Waals surface area contributed by atoms with Gasteiger partial charge in [-0.25, -0.2) is 0 Å². The number of anilines is 1. The Bertz CT molecular complexity index is 723. The van der Waals surface area contributed by atoms with Crippen molar-refractivity contribution in [2.45, 2.75) is 20.3 Å². The van der Waals surface area contributed by atoms with Crippen molar-refractivity contribution in [2.75, 3.05) is 11.4 Å². The molecule has 0 unspecified atom stereocenters. The SMILES string of the molecule is Cc1cc(C)c2c(c1)C(=O)C(=O)N2CCc1ccccn1. The van der Waals surface area contributed by atoms with Crippen molar-refractivity contribution in [3.63, 3.8) is 0 Å². The van der Waals surface area contributed by atoms with E-state index in [9.17, 15) is 9.59 Å². The van der Waals surface area contributed by atoms with Crippen LogP contribution >= 0.6 is 0 Å². The summed E-state index contributed by atoms with van der Waals surface area (Å²) in [5.41, 5.74) is 4.16. The van der Waals surface area contributed by atoms with Crippen LogP contribution in [0.3, 0.4) is 0 Å². The zero-order chi connectivity index (χ0) is 15.0. The largest absolute Gasteiger partial charge is 0.304 e. The summed E-state index contributed by atoms with van der Waals surface area (Å²) in [7, 11) is 0. The normalized spacial score (nSPS) is 13.7. The van der Waals surface area contributed by atoms with E-state index in [1.807, 2.05) is 38.1 Å². The Balaban J connectivity index is 1.91. The minimum Gasteiger partial charge on any atom is -0.304 e. The van der Waals surface area contributed by atoms with Gasteiger partial charge in [-0.1, -0.05) is 12.1 Å². The number of carbonyl (C=O) groups excluding carboxylic acids is 2. The second kappa shape index (κ2) is 5.13. The lowest BCUT2D eigenvalue weighted by Gasteiger charge is -2.18. The topological polar surface area (TPSA) is 50.3 Å². The molecule has 0 spiro atoms. The lowest BCUT2D eigenvalue weighted by atomic mass is 10.0. The fourth-order valence-corrected chi connectivity index (χ4v) is 2.82. The highest BCUT2D eigenvalue weighted by Gasteiger charge is 2.36. The van der Waals surface area contributed by atoms with Gasteiger partial charge in [0.1, 0.15) is 0 Å². The van der Waals surface area contributed by atoms with Crippen molar-refractivity contribution in [1.82, 2.24) is 4.98 Å². The molecule has 0 bridgehead atoms. The number of rotatable bonds is 3. The van der Waals surface area contributed by atoms with Gasteiger partial charge < -0.3 is 4.90 Å². The van der Waals surface area contributed by atoms with E-state index < -0.39 is 11.7 Å². The van der Waals surface area contributed by atoms with E-state index in [1.165, 1.54) is 0 Å². The summed E-state index contributed by atoms with van der Waals surface area (Å²) in [5, 5.41) is 0. The number of nitrogens with zero attached hydrogens (tertiary/aromatic N) is 2. The zero-order valence-electron chi connectivity index (χ0n) is 12.1. The summed E-state index contributed by atoms with van der Waals surface area (Å²) in [6.07, 6.45) is 2.36. The Labute approximate surface area is 123 Å². The average Bonchev–Trinajstić information content (AvgIpc) is 2.71. The molecule has 0 radical (unpaired) electrons. The van der Waals surface area contributed by atoms with Crippen molar-refractivity contribution in [2.24, 2.45) is 0 Å². The molecule has 2 heterocycles. The van der Waals surface area contributed by atoms with E-state index in [0.717, 1.165) is 22.5 Å². The molecule has 1 aliphatic rings. The van der Waals surface area contributed by atoms with E-state index in [2.05, 4.69) is 4.98 Å². The second-order valence-corrected chi connectivity index (χ2v) is 5.33. The number of benzene rings is 1. The van der Waals surface area contributed by atoms with Crippen LogP contribution in [0, 0.1) is 13.8 Å². The number of Topliss-reactive ketones (excluding diaryl/α,β-unsaturated/α-hetero) is 1. The number of carbonyl (C=O) groups is 2. The van der Waals surface area contributed by atoms with Crippen molar-refractivity contribution < 1.29 is 9.59 Å². The van der Waals surface area contributed by atoms with E-state index in [4.69, 9.17) is 0 Å². The fraction of sp³-hybridized carbons (Fsp3) is 0.235. The predicted octanol–water partition coefficient (Wildman–Crippen LogP) is 2.47. The molecule has 0 saturated heterocycles. The highest BCUT2D eigenvalue weighted by molar-refractivity contribution is 6.52. The van der Waals surface area contributed by atoms with Crippen LogP contribution in [-0.2, 0) is 11.2 Å². The number of aromatic nitrogens is 1. The summed E-state index contributed by atoms with van der Waals surface area (Å²) >= 11 is 0. The molecule has 0 aliphatic carbocycles. The molecule has 0 fully saturated rings. The minimum atomic E-state index is -0.436. The van der Waals surface area contributed by atoms with E-state index in [0.29, 0.717) is 18.5 Å². The second-order valence-electron chi connectivity index (χ2n) is 5.33. The first-order valence-electron chi connectivity index (χ1n) is 6.95. The molecule has 0 atom stereocenters. The first kappa shape index (κ1) is 13.5. The molecule has 3 rings (SSSR count). The van der Waals surface area contributed by atoms with Crippen LogP contribution in [0.1, 0.15) is 27.2 Å². The Kier molecular flexibility index (Phi) is 3.29. The molecule has 0 saturated carbocycles. The molecule has 4 heteroatoms. The van der Waals surface area contributed by atoms with Crippen LogP contribution in [0.25, 0.3) is 0 Å². The highest BCUT2D eigenvalue weighted by atomic mass is 16.2. The first-order valence-corrected chi connectivity index (χ1v) is 6.95. The van der Waals surface area contributed by atoms with Gasteiger partial charge in [0.2, 0.25) is 0 Å². The summed E-state index contributed by atoms with van der Waals surface area (Å²) in [6, 6.07) is 9.49. The lowest BCUT2D eigenvalue weighted by Crippen LogP contribution is -2.32. The van der Waals surface area contributed by atoms with Gasteiger partial charge in [-0.3, -0.25) is 14.6 Å². The Hall–Kier alpha value is -2.49. The van der Waals surface area contributed by atoms with Crippen LogP contribution in [0.2, 0.25) is 0 Å². The third-order valence-corrected chi connectivity index (χ3v) is 3.72. The average molecular weight is 280 g/mol. The van der Waals surface area contributed by atoms with Crippen molar-refractivity contribution in [3.8, 4) is 0 Å². The van der Waals surface area contributed by atoms with Gasteiger partial charge in [0.05, 0.1) is 11.3 Å². The molecule has 21 heavy (non-hydrogen) atoms. The number of ketones is 1. The van der Waals surface area contributed by atoms with Crippen molar-refractivity contribution >= 4 is 17.4 Å². The number of pyridine rings is 1. The zero-order valence-corrected chi connectivity index (χ0v) is 12.1. The third kappa shape index (κ3) is 2.33. The summed E-state index contributed by atoms with van der Waals surface area (Å²) in [6.45, 7) is 4.34. The van der Waals surface area contributed by atoms with E-state index in [1.54, 1.807) is 17.2 Å². The Morgan fingerprint density at radius 3 is 2.67 bits per heavy atom. The van der Waals surface area contributed by atoms with Gasteiger partial charge in [0.15, 0.2) is 0 Å². The van der Waals surface area contributed by atoms with Gasteiger partial charge in [-0.05, 0) is 43.2 Å². The summed E-state index contributed by atoms with van der Waals surface area (Å²) in [5.74, 6) is -0.840. The molecule has 1 aliphatic heterocycles. The standard InChI is InChI=1S/C17H16N2O2/c1-11-9-12(2)15-14(10-11)16(20)17(21)19(15)8-6-13-5-3-4-7-18-13/h3-5,7,9-10H,6,8H2,1-2H3. The quantitative estimate of drug-likeness (QED) is 0.812. The molecule has 1 aromatic carbocycles. The van der Waals surface area contributed by atoms with Gasteiger partial charge in [0.25, 0.3) is 11.7 Å². The lowest BCUT2D eigenvalue weighted by molar-refractivity contribution is -0.114. The maximum absolute atomic E-state index is 12.2. The number of amides is 1. The summed E-state index contributed by atoms with van der Waals surface area (Å²) < 4.78 is 0.